The van der Waals surface area contributed by atoms with Gasteiger partial charge in [-0.3, -0.25) is 24.0 Å². The number of hydrogen-bond donors (Lipinski definition) is 7. The number of likely N-dealkylation sites (tertiary alicyclic amines) is 1. The second-order valence-corrected chi connectivity index (χ2v) is 11.7. The number of hydrogen-bond acceptors (Lipinski definition) is 8. The molecule has 0 spiro atoms. The molecule has 14 heteroatoms. The summed E-state index contributed by atoms with van der Waals surface area (Å²) in [6.07, 6.45) is 1.20. The van der Waals surface area contributed by atoms with E-state index in [1.807, 2.05) is 20.8 Å². The van der Waals surface area contributed by atoms with E-state index in [2.05, 4.69) is 16.0 Å². The van der Waals surface area contributed by atoms with Gasteiger partial charge in [0.15, 0.2) is 0 Å². The topological polar surface area (TPSA) is 228 Å². The number of carboxylic acid groups (broad SMARTS) is 2. The summed E-state index contributed by atoms with van der Waals surface area (Å²) in [5, 5.41) is 35.9. The Morgan fingerprint density at radius 3 is 2.07 bits per heavy atom. The van der Waals surface area contributed by atoms with Gasteiger partial charge in [0.25, 0.3) is 0 Å². The molecule has 1 aliphatic heterocycles. The number of carbonyl (C=O) groups is 6. The molecule has 0 aromatic heterocycles. The molecule has 7 atom stereocenters. The number of rotatable bonds is 17. The maximum absolute atomic E-state index is 13.7. The van der Waals surface area contributed by atoms with Crippen LogP contribution in [0.15, 0.2) is 24.3 Å². The van der Waals surface area contributed by atoms with E-state index in [1.54, 1.807) is 6.92 Å². The summed E-state index contributed by atoms with van der Waals surface area (Å²) in [6.45, 7) is 7.74. The van der Waals surface area contributed by atoms with Crippen molar-refractivity contribution in [1.29, 1.82) is 0 Å². The molecule has 1 aromatic rings. The molecule has 1 fully saturated rings. The number of aromatic hydroxyl groups is 1. The van der Waals surface area contributed by atoms with Gasteiger partial charge < -0.3 is 41.9 Å². The SMILES string of the molecule is CC[C@H](C)[C@H](N)C(=O)N1CCC[C@H]1C(=O)N[C@H](C(=O)N[C@@H](Cc1ccc(O)cc1)C(=O)N[C@@H](CCC(=O)O)C(=O)O)[C@@H](C)CC. The summed E-state index contributed by atoms with van der Waals surface area (Å²) >= 11 is 0. The maximum atomic E-state index is 13.7. The number of nitrogens with one attached hydrogen (secondary N) is 3. The molecule has 0 radical (unpaired) electrons. The molecule has 0 saturated carbocycles. The van der Waals surface area contributed by atoms with Gasteiger partial charge in [-0.25, -0.2) is 4.79 Å². The zero-order valence-corrected chi connectivity index (χ0v) is 26.3. The molecule has 1 saturated heterocycles. The fraction of sp³-hybridized carbons (Fsp3) is 0.613. The molecule has 14 nitrogen and oxygen atoms in total. The Labute approximate surface area is 263 Å². The lowest BCUT2D eigenvalue weighted by atomic mass is 9.96. The van der Waals surface area contributed by atoms with Crippen molar-refractivity contribution in [2.75, 3.05) is 6.54 Å². The molecule has 45 heavy (non-hydrogen) atoms. The predicted octanol–water partition coefficient (Wildman–Crippen LogP) is 0.749. The Hall–Kier alpha value is -4.20. The van der Waals surface area contributed by atoms with Crippen LogP contribution in [0.4, 0.5) is 0 Å². The smallest absolute Gasteiger partial charge is 0.326 e. The van der Waals surface area contributed by atoms with Gasteiger partial charge >= 0.3 is 11.9 Å². The first-order valence-electron chi connectivity index (χ1n) is 15.4. The Morgan fingerprint density at radius 1 is 0.911 bits per heavy atom. The fourth-order valence-electron chi connectivity index (χ4n) is 5.08. The van der Waals surface area contributed by atoms with Crippen LogP contribution in [0, 0.1) is 11.8 Å². The van der Waals surface area contributed by atoms with E-state index in [0.717, 1.165) is 0 Å². The Morgan fingerprint density at radius 2 is 1.51 bits per heavy atom. The van der Waals surface area contributed by atoms with Gasteiger partial charge in [0.1, 0.15) is 29.9 Å². The van der Waals surface area contributed by atoms with Gasteiger partial charge in [-0.2, -0.15) is 0 Å². The lowest BCUT2D eigenvalue weighted by Crippen LogP contribution is -2.60. The molecular weight excluding hydrogens is 586 g/mol. The van der Waals surface area contributed by atoms with Crippen molar-refractivity contribution in [2.24, 2.45) is 17.6 Å². The summed E-state index contributed by atoms with van der Waals surface area (Å²) in [5.41, 5.74) is 6.70. The monoisotopic (exact) mass is 633 g/mol. The van der Waals surface area contributed by atoms with Gasteiger partial charge in [0, 0.05) is 19.4 Å². The third-order valence-corrected chi connectivity index (χ3v) is 8.44. The number of phenols is 1. The number of aliphatic carboxylic acids is 2. The molecule has 1 aromatic carbocycles. The van der Waals surface area contributed by atoms with Crippen LogP contribution in [-0.4, -0.2) is 92.5 Å². The highest BCUT2D eigenvalue weighted by atomic mass is 16.4. The van der Waals surface area contributed by atoms with Crippen LogP contribution in [-0.2, 0) is 35.2 Å². The Kier molecular flexibility index (Phi) is 14.2. The molecule has 2 rings (SSSR count). The molecule has 0 unspecified atom stereocenters. The molecule has 4 amide bonds. The van der Waals surface area contributed by atoms with Crippen molar-refractivity contribution >= 4 is 35.6 Å². The predicted molar refractivity (Wildman–Crippen MR) is 164 cm³/mol. The lowest BCUT2D eigenvalue weighted by molar-refractivity contribution is -0.143. The Bertz CT molecular complexity index is 1210. The Balaban J connectivity index is 2.29. The van der Waals surface area contributed by atoms with E-state index in [4.69, 9.17) is 10.8 Å². The van der Waals surface area contributed by atoms with Crippen LogP contribution in [0.25, 0.3) is 0 Å². The third-order valence-electron chi connectivity index (χ3n) is 8.44. The van der Waals surface area contributed by atoms with Crippen LogP contribution in [0.5, 0.6) is 5.75 Å². The number of benzene rings is 1. The standard InChI is InChI=1S/C31H47N5O9/c1-5-17(3)25(32)30(43)36-15-7-8-23(36)28(41)35-26(18(4)6-2)29(42)34-22(16-19-9-11-20(37)12-10-19)27(40)33-21(31(44)45)13-14-24(38)39/h9-12,17-18,21-23,25-26,37H,5-8,13-16,32H2,1-4H3,(H,33,40)(H,34,42)(H,35,41)(H,38,39)(H,44,45)/t17-,18-,21-,22-,23-,25-,26-/m0/s1. The molecule has 8 N–H and O–H groups in total. The van der Waals surface area contributed by atoms with Crippen molar-refractivity contribution in [2.45, 2.75) is 103 Å². The average Bonchev–Trinajstić information content (AvgIpc) is 3.50. The normalized spacial score (nSPS) is 18.5. The molecule has 0 aliphatic carbocycles. The number of carboxylic acids is 2. The third kappa shape index (κ3) is 10.7. The van der Waals surface area contributed by atoms with E-state index < -0.39 is 66.3 Å². The summed E-state index contributed by atoms with van der Waals surface area (Å²) < 4.78 is 0. The van der Waals surface area contributed by atoms with Crippen molar-refractivity contribution in [3.63, 3.8) is 0 Å². The second kappa shape index (κ2) is 17.3. The second-order valence-electron chi connectivity index (χ2n) is 11.7. The number of nitrogens with two attached hydrogens (primary N) is 1. The van der Waals surface area contributed by atoms with Crippen molar-refractivity contribution in [3.05, 3.63) is 29.8 Å². The number of phenolic OH excluding ortho intramolecular Hbond substituents is 1. The lowest BCUT2D eigenvalue weighted by Gasteiger charge is -2.31. The minimum Gasteiger partial charge on any atom is -0.508 e. The van der Waals surface area contributed by atoms with Crippen LogP contribution < -0.4 is 21.7 Å². The van der Waals surface area contributed by atoms with Crippen molar-refractivity contribution in [3.8, 4) is 5.75 Å². The maximum Gasteiger partial charge on any atom is 0.326 e. The summed E-state index contributed by atoms with van der Waals surface area (Å²) in [4.78, 5) is 77.8. The van der Waals surface area contributed by atoms with Crippen molar-refractivity contribution < 1.29 is 44.1 Å². The summed E-state index contributed by atoms with van der Waals surface area (Å²) in [7, 11) is 0. The average molecular weight is 634 g/mol. The number of nitrogens with zero attached hydrogens (tertiary/aromatic N) is 1. The fourth-order valence-corrected chi connectivity index (χ4v) is 5.08. The van der Waals surface area contributed by atoms with Crippen LogP contribution in [0.3, 0.4) is 0 Å². The van der Waals surface area contributed by atoms with E-state index in [-0.39, 0.29) is 36.3 Å². The van der Waals surface area contributed by atoms with E-state index >= 15 is 0 Å². The first-order valence-corrected chi connectivity index (χ1v) is 15.4. The molecule has 1 aliphatic rings. The molecule has 1 heterocycles. The summed E-state index contributed by atoms with van der Waals surface area (Å²) in [5.74, 6) is -5.56. The van der Waals surface area contributed by atoms with Gasteiger partial charge in [-0.05, 0) is 48.8 Å². The largest absolute Gasteiger partial charge is 0.508 e. The van der Waals surface area contributed by atoms with Gasteiger partial charge in [-0.15, -0.1) is 0 Å². The van der Waals surface area contributed by atoms with E-state index in [0.29, 0.717) is 37.8 Å². The zero-order chi connectivity index (χ0) is 33.8. The zero-order valence-electron chi connectivity index (χ0n) is 26.3. The van der Waals surface area contributed by atoms with Crippen LogP contribution in [0.2, 0.25) is 0 Å². The first kappa shape index (κ1) is 37.0. The van der Waals surface area contributed by atoms with E-state index in [1.165, 1.54) is 29.2 Å². The highest BCUT2D eigenvalue weighted by Gasteiger charge is 2.39. The van der Waals surface area contributed by atoms with Crippen molar-refractivity contribution in [1.82, 2.24) is 20.9 Å². The highest BCUT2D eigenvalue weighted by Crippen LogP contribution is 2.22. The van der Waals surface area contributed by atoms with Gasteiger partial charge in [-0.1, -0.05) is 52.7 Å². The number of carbonyl (C=O) groups excluding carboxylic acids is 4. The first-order chi connectivity index (χ1) is 21.2. The summed E-state index contributed by atoms with van der Waals surface area (Å²) in [6, 6.07) is 0.345. The van der Waals surface area contributed by atoms with Crippen LogP contribution in [0.1, 0.15) is 71.8 Å². The quantitative estimate of drug-likeness (QED) is 0.127. The molecular formula is C31H47N5O9. The molecule has 250 valence electrons. The van der Waals surface area contributed by atoms with Gasteiger partial charge in [0.05, 0.1) is 6.04 Å². The van der Waals surface area contributed by atoms with E-state index in [9.17, 15) is 39.0 Å². The minimum atomic E-state index is -1.52. The van der Waals surface area contributed by atoms with Gasteiger partial charge in [0.2, 0.25) is 23.6 Å². The number of amides is 4. The minimum absolute atomic E-state index is 0.0208. The highest BCUT2D eigenvalue weighted by molar-refractivity contribution is 5.96. The van der Waals surface area contributed by atoms with Crippen LogP contribution >= 0.6 is 0 Å². The molecule has 0 bridgehead atoms.